The molecule has 2 amide bonds. The molecule has 136 valence electrons. The fourth-order valence-corrected chi connectivity index (χ4v) is 3.33. The lowest BCUT2D eigenvalue weighted by molar-refractivity contribution is -0.121. The molecule has 0 saturated carbocycles. The largest absolute Gasteiger partial charge is 0.301 e. The Hall–Kier alpha value is -2.26. The van der Waals surface area contributed by atoms with Crippen molar-refractivity contribution in [2.45, 2.75) is 23.9 Å². The van der Waals surface area contributed by atoms with E-state index >= 15 is 0 Å². The molecule has 7 nitrogen and oxygen atoms in total. The highest BCUT2D eigenvalue weighted by Gasteiger charge is 2.39. The Bertz CT molecular complexity index is 943. The van der Waals surface area contributed by atoms with Gasteiger partial charge in [-0.15, -0.1) is 0 Å². The Morgan fingerprint density at radius 2 is 1.69 bits per heavy atom. The van der Waals surface area contributed by atoms with Crippen molar-refractivity contribution < 1.29 is 18.0 Å². The molecule has 9 heteroatoms. The molecule has 1 heterocycles. The second kappa shape index (κ2) is 7.16. The molecule has 2 aromatic rings. The van der Waals surface area contributed by atoms with Crippen LogP contribution in [-0.4, -0.2) is 26.3 Å². The molecule has 3 N–H and O–H groups in total. The van der Waals surface area contributed by atoms with Gasteiger partial charge in [-0.1, -0.05) is 23.7 Å². The first-order valence-corrected chi connectivity index (χ1v) is 9.65. The molecule has 0 aromatic heterocycles. The number of hydrogen-bond donors (Lipinski definition) is 2. The van der Waals surface area contributed by atoms with Gasteiger partial charge in [0.2, 0.25) is 15.9 Å². The summed E-state index contributed by atoms with van der Waals surface area (Å²) in [6.07, 6.45) is 0.0523. The van der Waals surface area contributed by atoms with Gasteiger partial charge in [-0.3, -0.25) is 9.59 Å². The first-order chi connectivity index (χ1) is 12.3. The monoisotopic (exact) mass is 393 g/mol. The van der Waals surface area contributed by atoms with Gasteiger partial charge in [-0.2, -0.15) is 0 Å². The van der Waals surface area contributed by atoms with Gasteiger partial charge in [-0.25, -0.2) is 18.5 Å². The number of primary sulfonamides is 1. The minimum Gasteiger partial charge on any atom is -0.301 e. The molecule has 1 fully saturated rings. The fraction of sp³-hybridized carbons (Fsp3) is 0.176. The highest BCUT2D eigenvalue weighted by molar-refractivity contribution is 7.89. The SMILES string of the molecule is NS(=O)(=O)c1ccc(CNC2CC(=O)N(c3ccc(Cl)cc3)C2=O)cc1. The van der Waals surface area contributed by atoms with Gasteiger partial charge in [0.1, 0.15) is 0 Å². The number of carbonyl (C=O) groups is 2. The molecular weight excluding hydrogens is 378 g/mol. The lowest BCUT2D eigenvalue weighted by Crippen LogP contribution is -2.38. The van der Waals surface area contributed by atoms with E-state index in [-0.39, 0.29) is 23.1 Å². The summed E-state index contributed by atoms with van der Waals surface area (Å²) in [6, 6.07) is 11.8. The van der Waals surface area contributed by atoms with E-state index in [4.69, 9.17) is 16.7 Å². The van der Waals surface area contributed by atoms with E-state index in [0.29, 0.717) is 17.3 Å². The van der Waals surface area contributed by atoms with E-state index < -0.39 is 16.1 Å². The van der Waals surface area contributed by atoms with Crippen LogP contribution in [0.15, 0.2) is 53.4 Å². The zero-order chi connectivity index (χ0) is 18.9. The summed E-state index contributed by atoms with van der Waals surface area (Å²) >= 11 is 5.83. The lowest BCUT2D eigenvalue weighted by Gasteiger charge is -2.15. The van der Waals surface area contributed by atoms with Crippen LogP contribution in [0.4, 0.5) is 5.69 Å². The van der Waals surface area contributed by atoms with Crippen LogP contribution in [0, 0.1) is 0 Å². The van der Waals surface area contributed by atoms with Crippen LogP contribution in [-0.2, 0) is 26.2 Å². The number of hydrogen-bond acceptors (Lipinski definition) is 5. The number of halogens is 1. The number of amides is 2. The predicted molar refractivity (Wildman–Crippen MR) is 97.0 cm³/mol. The molecule has 1 aliphatic heterocycles. The van der Waals surface area contributed by atoms with Crippen LogP contribution in [0.3, 0.4) is 0 Å². The van der Waals surface area contributed by atoms with Crippen molar-refractivity contribution in [3.63, 3.8) is 0 Å². The highest BCUT2D eigenvalue weighted by atomic mass is 35.5. The molecule has 1 unspecified atom stereocenters. The number of rotatable bonds is 5. The van der Waals surface area contributed by atoms with E-state index in [1.165, 1.54) is 12.1 Å². The van der Waals surface area contributed by atoms with Crippen LogP contribution < -0.4 is 15.4 Å². The van der Waals surface area contributed by atoms with E-state index in [2.05, 4.69) is 5.32 Å². The second-order valence-electron chi connectivity index (χ2n) is 5.87. The average Bonchev–Trinajstić information content (AvgIpc) is 2.87. The van der Waals surface area contributed by atoms with Crippen LogP contribution in [0.2, 0.25) is 5.02 Å². The lowest BCUT2D eigenvalue weighted by atomic mass is 10.2. The minimum absolute atomic E-state index is 0.0160. The highest BCUT2D eigenvalue weighted by Crippen LogP contribution is 2.24. The zero-order valence-electron chi connectivity index (χ0n) is 13.6. The van der Waals surface area contributed by atoms with E-state index in [0.717, 1.165) is 10.5 Å². The van der Waals surface area contributed by atoms with Gasteiger partial charge in [0.15, 0.2) is 0 Å². The van der Waals surface area contributed by atoms with Crippen molar-refractivity contribution in [1.29, 1.82) is 0 Å². The van der Waals surface area contributed by atoms with E-state index in [1.807, 2.05) is 0 Å². The third-order valence-corrected chi connectivity index (χ3v) is 5.22. The number of imide groups is 1. The molecule has 1 aliphatic rings. The molecule has 1 saturated heterocycles. The summed E-state index contributed by atoms with van der Waals surface area (Å²) in [7, 11) is -3.74. The van der Waals surface area contributed by atoms with Crippen molar-refractivity contribution in [3.05, 3.63) is 59.1 Å². The molecule has 0 bridgehead atoms. The summed E-state index contributed by atoms with van der Waals surface area (Å²) in [5, 5.41) is 8.60. The van der Waals surface area contributed by atoms with Gasteiger partial charge >= 0.3 is 0 Å². The van der Waals surface area contributed by atoms with Gasteiger partial charge < -0.3 is 5.32 Å². The standard InChI is InChI=1S/C17H16ClN3O4S/c18-12-3-5-13(6-4-12)21-16(22)9-15(17(21)23)20-10-11-1-7-14(8-2-11)26(19,24)25/h1-8,15,20H,9-10H2,(H2,19,24,25). The summed E-state index contributed by atoms with van der Waals surface area (Å²) in [4.78, 5) is 25.9. The molecule has 0 radical (unpaired) electrons. The van der Waals surface area contributed by atoms with E-state index in [1.54, 1.807) is 36.4 Å². The summed E-state index contributed by atoms with van der Waals surface area (Å²) in [5.74, 6) is -0.627. The van der Waals surface area contributed by atoms with E-state index in [9.17, 15) is 18.0 Å². The van der Waals surface area contributed by atoms with Gasteiger partial charge in [-0.05, 0) is 42.0 Å². The summed E-state index contributed by atoms with van der Waals surface area (Å²) < 4.78 is 22.5. The molecule has 1 atom stereocenters. The van der Waals surface area contributed by atoms with Crippen molar-refractivity contribution in [2.24, 2.45) is 5.14 Å². The summed E-state index contributed by atoms with van der Waals surface area (Å²) in [6.45, 7) is 0.309. The van der Waals surface area contributed by atoms with Crippen molar-refractivity contribution in [3.8, 4) is 0 Å². The number of anilines is 1. The first kappa shape index (κ1) is 18.5. The summed E-state index contributed by atoms with van der Waals surface area (Å²) in [5.41, 5.74) is 1.24. The average molecular weight is 394 g/mol. The van der Waals surface area contributed by atoms with Crippen LogP contribution in [0.25, 0.3) is 0 Å². The molecule has 26 heavy (non-hydrogen) atoms. The maximum absolute atomic E-state index is 12.5. The van der Waals surface area contributed by atoms with Gasteiger partial charge in [0, 0.05) is 11.6 Å². The molecule has 2 aromatic carbocycles. The van der Waals surface area contributed by atoms with Gasteiger partial charge in [0.25, 0.3) is 5.91 Å². The maximum Gasteiger partial charge on any atom is 0.251 e. The number of benzene rings is 2. The third kappa shape index (κ3) is 3.94. The smallest absolute Gasteiger partial charge is 0.251 e. The van der Waals surface area contributed by atoms with Crippen LogP contribution in [0.5, 0.6) is 0 Å². The minimum atomic E-state index is -3.74. The van der Waals surface area contributed by atoms with Crippen LogP contribution in [0.1, 0.15) is 12.0 Å². The number of nitrogens with one attached hydrogen (secondary N) is 1. The second-order valence-corrected chi connectivity index (χ2v) is 7.87. The Labute approximate surface area is 155 Å². The quantitative estimate of drug-likeness (QED) is 0.746. The number of sulfonamides is 1. The first-order valence-electron chi connectivity index (χ1n) is 7.73. The third-order valence-electron chi connectivity index (χ3n) is 4.04. The van der Waals surface area contributed by atoms with Crippen molar-refractivity contribution in [1.82, 2.24) is 5.32 Å². The molecule has 0 aliphatic carbocycles. The molecule has 3 rings (SSSR count). The molecular formula is C17H16ClN3O4S. The fourth-order valence-electron chi connectivity index (χ4n) is 2.69. The maximum atomic E-state index is 12.5. The van der Waals surface area contributed by atoms with Crippen molar-refractivity contribution >= 4 is 39.1 Å². The predicted octanol–water partition coefficient (Wildman–Crippen LogP) is 1.41. The normalized spacial score (nSPS) is 17.8. The number of nitrogens with zero attached hydrogens (tertiary/aromatic N) is 1. The Morgan fingerprint density at radius 1 is 1.08 bits per heavy atom. The van der Waals surface area contributed by atoms with Gasteiger partial charge in [0.05, 0.1) is 23.0 Å². The molecule has 0 spiro atoms. The Balaban J connectivity index is 1.67. The topological polar surface area (TPSA) is 110 Å². The number of nitrogens with two attached hydrogens (primary N) is 1. The zero-order valence-corrected chi connectivity index (χ0v) is 15.1. The van der Waals surface area contributed by atoms with Crippen molar-refractivity contribution in [2.75, 3.05) is 4.90 Å². The Kier molecular flexibility index (Phi) is 5.10. The van der Waals surface area contributed by atoms with Crippen LogP contribution >= 0.6 is 11.6 Å². The Morgan fingerprint density at radius 3 is 2.27 bits per heavy atom. The number of carbonyl (C=O) groups excluding carboxylic acids is 2.